The molecule has 9 heteroatoms. The molecule has 35 heavy (non-hydrogen) atoms. The molecule has 0 bridgehead atoms. The van der Waals surface area contributed by atoms with Gasteiger partial charge in [0.25, 0.3) is 0 Å². The van der Waals surface area contributed by atoms with E-state index in [9.17, 15) is 9.18 Å². The second kappa shape index (κ2) is 11.4. The Balaban J connectivity index is 1.67. The largest absolute Gasteiger partial charge is 0.497 e. The zero-order valence-electron chi connectivity index (χ0n) is 19.7. The number of nitrogens with one attached hydrogen (secondary N) is 1. The molecule has 0 amide bonds. The maximum Gasteiger partial charge on any atom is 0.330 e. The van der Waals surface area contributed by atoms with Gasteiger partial charge < -0.3 is 24.4 Å². The van der Waals surface area contributed by atoms with E-state index in [4.69, 9.17) is 19.2 Å². The molecule has 1 aliphatic rings. The van der Waals surface area contributed by atoms with Crippen LogP contribution in [0.25, 0.3) is 17.2 Å². The van der Waals surface area contributed by atoms with Crippen molar-refractivity contribution in [3.05, 3.63) is 66.1 Å². The summed E-state index contributed by atoms with van der Waals surface area (Å²) in [5.74, 6) is 0.649. The average molecular weight is 479 g/mol. The molecule has 4 rings (SSSR count). The molecule has 2 heterocycles. The van der Waals surface area contributed by atoms with Crippen LogP contribution in [0, 0.1) is 5.82 Å². The Bertz CT molecular complexity index is 1210. The molecule has 1 saturated heterocycles. The van der Waals surface area contributed by atoms with Crippen LogP contribution in [-0.4, -0.2) is 56.0 Å². The molecule has 2 aromatic carbocycles. The number of methoxy groups -OCH3 is 1. The van der Waals surface area contributed by atoms with E-state index in [0.29, 0.717) is 50.3 Å². The van der Waals surface area contributed by atoms with Crippen molar-refractivity contribution in [2.24, 2.45) is 0 Å². The Hall–Kier alpha value is -3.98. The fourth-order valence-electron chi connectivity index (χ4n) is 3.70. The number of morpholine rings is 1. The molecule has 3 aromatic rings. The van der Waals surface area contributed by atoms with Gasteiger partial charge in [-0.05, 0) is 36.3 Å². The van der Waals surface area contributed by atoms with Crippen LogP contribution in [0.15, 0.2) is 54.7 Å². The highest BCUT2D eigenvalue weighted by Gasteiger charge is 2.19. The molecular formula is C26H27FN4O4. The van der Waals surface area contributed by atoms with Crippen molar-refractivity contribution in [2.45, 2.75) is 6.92 Å². The predicted octanol–water partition coefficient (Wildman–Crippen LogP) is 4.45. The minimum atomic E-state index is -0.426. The van der Waals surface area contributed by atoms with Crippen LogP contribution in [0.1, 0.15) is 12.5 Å². The van der Waals surface area contributed by atoms with Crippen LogP contribution < -0.4 is 15.0 Å². The van der Waals surface area contributed by atoms with Crippen LogP contribution >= 0.6 is 0 Å². The Morgan fingerprint density at radius 3 is 2.83 bits per heavy atom. The Morgan fingerprint density at radius 1 is 1.23 bits per heavy atom. The lowest BCUT2D eigenvalue weighted by molar-refractivity contribution is -0.137. The number of hydrogen-bond donors (Lipinski definition) is 1. The lowest BCUT2D eigenvalue weighted by atomic mass is 10.0. The summed E-state index contributed by atoms with van der Waals surface area (Å²) in [5.41, 5.74) is 3.06. The summed E-state index contributed by atoms with van der Waals surface area (Å²) in [5, 5.41) is 3.07. The van der Waals surface area contributed by atoms with Gasteiger partial charge in [0.1, 0.15) is 17.4 Å². The van der Waals surface area contributed by atoms with Crippen molar-refractivity contribution in [2.75, 3.05) is 50.2 Å². The third kappa shape index (κ3) is 6.33. The molecule has 8 nitrogen and oxygen atoms in total. The SMILES string of the molecule is CCOC(=O)C=Cc1cccc(-c2cnc(Nc3cc(F)cc(OC)c3)nc2N2CCOCC2)c1. The first-order valence-corrected chi connectivity index (χ1v) is 11.3. The van der Waals surface area contributed by atoms with Gasteiger partial charge in [0.15, 0.2) is 0 Å². The summed E-state index contributed by atoms with van der Waals surface area (Å²) in [6.07, 6.45) is 4.86. The number of carbonyl (C=O) groups is 1. The molecule has 0 spiro atoms. The van der Waals surface area contributed by atoms with Crippen molar-refractivity contribution in [3.63, 3.8) is 0 Å². The smallest absolute Gasteiger partial charge is 0.330 e. The number of aromatic nitrogens is 2. The number of ether oxygens (including phenoxy) is 3. The van der Waals surface area contributed by atoms with Gasteiger partial charge in [0.05, 0.1) is 26.9 Å². The number of carbonyl (C=O) groups excluding carboxylic acids is 1. The minimum Gasteiger partial charge on any atom is -0.497 e. The van der Waals surface area contributed by atoms with E-state index in [0.717, 1.165) is 22.5 Å². The van der Waals surface area contributed by atoms with Crippen LogP contribution in [0.4, 0.5) is 21.8 Å². The quantitative estimate of drug-likeness (QED) is 0.376. The summed E-state index contributed by atoms with van der Waals surface area (Å²) in [6.45, 7) is 4.64. The summed E-state index contributed by atoms with van der Waals surface area (Å²) in [4.78, 5) is 23.1. The minimum absolute atomic E-state index is 0.326. The van der Waals surface area contributed by atoms with E-state index < -0.39 is 5.82 Å². The van der Waals surface area contributed by atoms with Gasteiger partial charge in [-0.3, -0.25) is 0 Å². The standard InChI is InChI=1S/C26H27FN4O4/c1-3-35-24(32)8-7-18-5-4-6-19(13-18)23-17-28-26(30-25(23)31-9-11-34-12-10-31)29-21-14-20(27)15-22(16-21)33-2/h4-8,13-17H,3,9-12H2,1-2H3,(H,28,29,30). The van der Waals surface area contributed by atoms with Crippen LogP contribution in [0.5, 0.6) is 5.75 Å². The molecule has 0 aliphatic carbocycles. The Kier molecular flexibility index (Phi) is 7.89. The molecule has 0 atom stereocenters. The third-order valence-corrected chi connectivity index (χ3v) is 5.34. The van der Waals surface area contributed by atoms with Crippen molar-refractivity contribution >= 4 is 29.5 Å². The molecule has 1 N–H and O–H groups in total. The fourth-order valence-corrected chi connectivity index (χ4v) is 3.70. The molecule has 0 unspecified atom stereocenters. The molecule has 0 saturated carbocycles. The highest BCUT2D eigenvalue weighted by Crippen LogP contribution is 2.32. The number of nitrogens with zero attached hydrogens (tertiary/aromatic N) is 3. The van der Waals surface area contributed by atoms with Crippen molar-refractivity contribution in [3.8, 4) is 16.9 Å². The van der Waals surface area contributed by atoms with Crippen molar-refractivity contribution in [1.82, 2.24) is 9.97 Å². The van der Waals surface area contributed by atoms with Crippen molar-refractivity contribution in [1.29, 1.82) is 0 Å². The van der Waals surface area contributed by atoms with Crippen LogP contribution in [0.3, 0.4) is 0 Å². The fraction of sp³-hybridized carbons (Fsp3) is 0.269. The number of esters is 1. The first kappa shape index (κ1) is 24.2. The maximum absolute atomic E-state index is 13.9. The van der Waals surface area contributed by atoms with Crippen LogP contribution in [0.2, 0.25) is 0 Å². The Labute approximate surface area is 203 Å². The molecule has 1 aromatic heterocycles. The highest BCUT2D eigenvalue weighted by molar-refractivity contribution is 5.87. The predicted molar refractivity (Wildman–Crippen MR) is 132 cm³/mol. The molecule has 0 radical (unpaired) electrons. The monoisotopic (exact) mass is 478 g/mol. The number of rotatable bonds is 8. The van der Waals surface area contributed by atoms with E-state index >= 15 is 0 Å². The van der Waals surface area contributed by atoms with Gasteiger partial charge in [-0.15, -0.1) is 0 Å². The van der Waals surface area contributed by atoms with E-state index in [1.165, 1.54) is 25.3 Å². The number of anilines is 3. The molecular weight excluding hydrogens is 451 g/mol. The summed E-state index contributed by atoms with van der Waals surface area (Å²) >= 11 is 0. The highest BCUT2D eigenvalue weighted by atomic mass is 19.1. The van der Waals surface area contributed by atoms with Crippen LogP contribution in [-0.2, 0) is 14.3 Å². The normalized spacial score (nSPS) is 13.6. The first-order chi connectivity index (χ1) is 17.1. The van der Waals surface area contributed by atoms with Crippen molar-refractivity contribution < 1.29 is 23.4 Å². The van der Waals surface area contributed by atoms with E-state index in [-0.39, 0.29) is 5.97 Å². The van der Waals surface area contributed by atoms with E-state index in [1.807, 2.05) is 24.3 Å². The average Bonchev–Trinajstić information content (AvgIpc) is 2.88. The topological polar surface area (TPSA) is 85.8 Å². The number of benzene rings is 2. The van der Waals surface area contributed by atoms with E-state index in [2.05, 4.69) is 15.2 Å². The molecule has 182 valence electrons. The summed E-state index contributed by atoms with van der Waals surface area (Å²) < 4.78 is 29.6. The molecule has 1 aliphatic heterocycles. The van der Waals surface area contributed by atoms with Gasteiger partial charge in [0, 0.05) is 48.7 Å². The van der Waals surface area contributed by atoms with Gasteiger partial charge in [-0.25, -0.2) is 14.2 Å². The zero-order chi connectivity index (χ0) is 24.6. The second-order valence-electron chi connectivity index (χ2n) is 7.75. The zero-order valence-corrected chi connectivity index (χ0v) is 19.7. The first-order valence-electron chi connectivity index (χ1n) is 11.3. The van der Waals surface area contributed by atoms with E-state index in [1.54, 1.807) is 25.3 Å². The number of halogens is 1. The Morgan fingerprint density at radius 2 is 2.06 bits per heavy atom. The lowest BCUT2D eigenvalue weighted by Gasteiger charge is -2.29. The maximum atomic E-state index is 13.9. The summed E-state index contributed by atoms with van der Waals surface area (Å²) in [6, 6.07) is 12.1. The van der Waals surface area contributed by atoms with Gasteiger partial charge in [-0.1, -0.05) is 18.2 Å². The van der Waals surface area contributed by atoms with Gasteiger partial charge >= 0.3 is 5.97 Å². The lowest BCUT2D eigenvalue weighted by Crippen LogP contribution is -2.37. The summed E-state index contributed by atoms with van der Waals surface area (Å²) in [7, 11) is 1.48. The third-order valence-electron chi connectivity index (χ3n) is 5.34. The van der Waals surface area contributed by atoms with Gasteiger partial charge in [0.2, 0.25) is 5.95 Å². The number of hydrogen-bond acceptors (Lipinski definition) is 8. The van der Waals surface area contributed by atoms with Gasteiger partial charge in [-0.2, -0.15) is 4.98 Å². The second-order valence-corrected chi connectivity index (χ2v) is 7.75. The molecule has 1 fully saturated rings.